The molecule has 0 saturated carbocycles. The van der Waals surface area contributed by atoms with Gasteiger partial charge in [-0.25, -0.2) is 4.79 Å². The van der Waals surface area contributed by atoms with Crippen LogP contribution in [-0.2, 0) is 11.2 Å². The van der Waals surface area contributed by atoms with E-state index in [1.807, 2.05) is 44.2 Å². The molecule has 0 spiro atoms. The number of nitrogens with two attached hydrogens (primary N) is 1. The van der Waals surface area contributed by atoms with E-state index < -0.39 is 31.0 Å². The lowest BCUT2D eigenvalue weighted by molar-refractivity contribution is -0.139. The molecule has 6 N–H and O–H groups in total. The maximum atomic E-state index is 11.9. The number of nitrogens with one attached hydrogen (secondary N) is 1. The summed E-state index contributed by atoms with van der Waals surface area (Å²) < 4.78 is 0. The van der Waals surface area contributed by atoms with Gasteiger partial charge in [-0.1, -0.05) is 50.2 Å². The summed E-state index contributed by atoms with van der Waals surface area (Å²) in [5.41, 5.74) is 6.37. The predicted octanol–water partition coefficient (Wildman–Crippen LogP) is 0.879. The number of carboxylic acid groups (broad SMARTS) is 1. The van der Waals surface area contributed by atoms with Crippen molar-refractivity contribution in [2.75, 3.05) is 0 Å². The Bertz CT molecular complexity index is 744. The molecule has 0 fully saturated rings. The van der Waals surface area contributed by atoms with Crippen LogP contribution in [0, 0.1) is 5.92 Å². The largest absolute Gasteiger partial charge is 0.480 e. The standard InChI is InChI=1S/C15H14N2O3.C5H14BNO2/c18-14(12-8-4-5-9-16-12)17-13(15(19)20)10-11-6-2-1-3-7-11;1-4(2)3-5(7)6(8)9/h1-9,13H,10H2,(H,17,18)(H,19,20);4-5,8-9H,3,7H2,1-2H3/t13-;5-/m00/s1. The highest BCUT2D eigenvalue weighted by atomic mass is 16.4. The first-order chi connectivity index (χ1) is 13.7. The maximum Gasteiger partial charge on any atom is 0.469 e. The van der Waals surface area contributed by atoms with Crippen molar-refractivity contribution in [1.29, 1.82) is 0 Å². The molecule has 1 heterocycles. The average Bonchev–Trinajstić information content (AvgIpc) is 2.68. The van der Waals surface area contributed by atoms with Crippen molar-refractivity contribution in [1.82, 2.24) is 10.3 Å². The number of carbonyl (C=O) groups is 2. The van der Waals surface area contributed by atoms with Gasteiger partial charge in [0.2, 0.25) is 0 Å². The molecule has 156 valence electrons. The Kier molecular flexibility index (Phi) is 10.6. The molecule has 1 aromatic carbocycles. The molecular formula is C20H28BN3O5. The van der Waals surface area contributed by atoms with Crippen LogP contribution in [0.3, 0.4) is 0 Å². The minimum atomic E-state index is -1.37. The Morgan fingerprint density at radius 1 is 1.10 bits per heavy atom. The van der Waals surface area contributed by atoms with E-state index in [-0.39, 0.29) is 12.1 Å². The van der Waals surface area contributed by atoms with Gasteiger partial charge in [0.25, 0.3) is 5.91 Å². The third-order valence-corrected chi connectivity index (χ3v) is 3.91. The van der Waals surface area contributed by atoms with E-state index >= 15 is 0 Å². The second-order valence-electron chi connectivity index (χ2n) is 6.98. The lowest BCUT2D eigenvalue weighted by atomic mass is 9.76. The Morgan fingerprint density at radius 3 is 2.17 bits per heavy atom. The molecular weight excluding hydrogens is 373 g/mol. The first-order valence-corrected chi connectivity index (χ1v) is 9.31. The lowest BCUT2D eigenvalue weighted by Gasteiger charge is -2.14. The van der Waals surface area contributed by atoms with Gasteiger partial charge in [-0.2, -0.15) is 0 Å². The lowest BCUT2D eigenvalue weighted by Crippen LogP contribution is -2.42. The summed E-state index contributed by atoms with van der Waals surface area (Å²) >= 11 is 0. The predicted molar refractivity (Wildman–Crippen MR) is 111 cm³/mol. The number of rotatable bonds is 8. The van der Waals surface area contributed by atoms with E-state index in [1.165, 1.54) is 12.3 Å². The smallest absolute Gasteiger partial charge is 0.469 e. The van der Waals surface area contributed by atoms with Gasteiger partial charge >= 0.3 is 13.1 Å². The Balaban J connectivity index is 0.000000396. The Morgan fingerprint density at radius 2 is 1.72 bits per heavy atom. The maximum absolute atomic E-state index is 11.9. The number of carbonyl (C=O) groups excluding carboxylic acids is 1. The number of carboxylic acids is 1. The fourth-order valence-corrected chi connectivity index (χ4v) is 2.45. The zero-order valence-electron chi connectivity index (χ0n) is 16.6. The summed E-state index contributed by atoms with van der Waals surface area (Å²) in [6.07, 6.45) is 2.37. The molecule has 0 bridgehead atoms. The number of pyridine rings is 1. The second-order valence-corrected chi connectivity index (χ2v) is 6.98. The molecule has 9 heteroatoms. The van der Waals surface area contributed by atoms with Crippen LogP contribution in [0.15, 0.2) is 54.7 Å². The van der Waals surface area contributed by atoms with Crippen LogP contribution >= 0.6 is 0 Å². The first-order valence-electron chi connectivity index (χ1n) is 9.31. The molecule has 1 amide bonds. The molecule has 2 atom stereocenters. The molecule has 0 saturated heterocycles. The molecule has 2 rings (SSSR count). The average molecular weight is 401 g/mol. The van der Waals surface area contributed by atoms with E-state index in [0.717, 1.165) is 5.56 Å². The van der Waals surface area contributed by atoms with Crippen molar-refractivity contribution in [3.63, 3.8) is 0 Å². The number of amides is 1. The topological polar surface area (TPSA) is 146 Å². The van der Waals surface area contributed by atoms with Crippen molar-refractivity contribution in [2.24, 2.45) is 11.7 Å². The van der Waals surface area contributed by atoms with Gasteiger partial charge in [-0.3, -0.25) is 9.78 Å². The number of hydrogen-bond donors (Lipinski definition) is 5. The van der Waals surface area contributed by atoms with E-state index in [0.29, 0.717) is 12.3 Å². The van der Waals surface area contributed by atoms with Gasteiger partial charge in [0.1, 0.15) is 11.7 Å². The van der Waals surface area contributed by atoms with Crippen LogP contribution in [0.5, 0.6) is 0 Å². The van der Waals surface area contributed by atoms with Crippen molar-refractivity contribution >= 4 is 19.0 Å². The monoisotopic (exact) mass is 401 g/mol. The number of hydrogen-bond acceptors (Lipinski definition) is 6. The van der Waals surface area contributed by atoms with Crippen LogP contribution in [0.4, 0.5) is 0 Å². The molecule has 0 unspecified atom stereocenters. The SMILES string of the molecule is CC(C)C[C@H](N)B(O)O.O=C(N[C@@H](Cc1ccccc1)C(=O)O)c1ccccn1. The summed E-state index contributed by atoms with van der Waals surface area (Å²) in [4.78, 5) is 27.0. The number of nitrogens with zero attached hydrogens (tertiary/aromatic N) is 1. The molecule has 0 radical (unpaired) electrons. The van der Waals surface area contributed by atoms with Crippen LogP contribution in [0.2, 0.25) is 0 Å². The van der Waals surface area contributed by atoms with E-state index in [4.69, 9.17) is 15.8 Å². The third-order valence-electron chi connectivity index (χ3n) is 3.91. The minimum absolute atomic E-state index is 0.201. The van der Waals surface area contributed by atoms with Crippen molar-refractivity contribution in [2.45, 2.75) is 38.7 Å². The fraction of sp³-hybridized carbons (Fsp3) is 0.350. The Hall–Kier alpha value is -2.75. The molecule has 0 aliphatic heterocycles. The van der Waals surface area contributed by atoms with Gasteiger partial charge in [-0.15, -0.1) is 0 Å². The molecule has 0 aliphatic carbocycles. The van der Waals surface area contributed by atoms with Gasteiger partial charge in [0.05, 0.1) is 0 Å². The zero-order chi connectivity index (χ0) is 21.8. The summed E-state index contributed by atoms with van der Waals surface area (Å²) in [6, 6.07) is 13.1. The van der Waals surface area contributed by atoms with Crippen LogP contribution in [-0.4, -0.2) is 51.1 Å². The highest BCUT2D eigenvalue weighted by Gasteiger charge is 2.21. The summed E-state index contributed by atoms with van der Waals surface area (Å²) in [5, 5.41) is 28.7. The van der Waals surface area contributed by atoms with Crippen molar-refractivity contribution in [3.8, 4) is 0 Å². The molecule has 29 heavy (non-hydrogen) atoms. The van der Waals surface area contributed by atoms with Crippen molar-refractivity contribution in [3.05, 3.63) is 66.0 Å². The highest BCUT2D eigenvalue weighted by Crippen LogP contribution is 2.05. The van der Waals surface area contributed by atoms with Gasteiger partial charge in [-0.05, 0) is 30.0 Å². The Labute approximate surface area is 170 Å². The second kappa shape index (κ2) is 12.7. The number of aliphatic carboxylic acids is 1. The van der Waals surface area contributed by atoms with Gasteiger partial charge < -0.3 is 26.2 Å². The molecule has 1 aromatic heterocycles. The number of aromatic nitrogens is 1. The van der Waals surface area contributed by atoms with Crippen LogP contribution in [0.1, 0.15) is 36.3 Å². The molecule has 8 nitrogen and oxygen atoms in total. The summed E-state index contributed by atoms with van der Waals surface area (Å²) in [5.74, 6) is -1.64. The normalized spacial score (nSPS) is 12.3. The third kappa shape index (κ3) is 9.84. The van der Waals surface area contributed by atoms with Gasteiger partial charge in [0.15, 0.2) is 0 Å². The van der Waals surface area contributed by atoms with Crippen LogP contribution < -0.4 is 11.1 Å². The fourth-order valence-electron chi connectivity index (χ4n) is 2.45. The zero-order valence-corrected chi connectivity index (χ0v) is 16.6. The van der Waals surface area contributed by atoms with Crippen molar-refractivity contribution < 1.29 is 24.7 Å². The minimum Gasteiger partial charge on any atom is -0.480 e. The molecule has 2 aromatic rings. The summed E-state index contributed by atoms with van der Waals surface area (Å²) in [7, 11) is -1.37. The van der Waals surface area contributed by atoms with E-state index in [9.17, 15) is 14.7 Å². The first kappa shape index (κ1) is 24.3. The molecule has 0 aliphatic rings. The number of benzene rings is 1. The quantitative estimate of drug-likeness (QED) is 0.413. The highest BCUT2D eigenvalue weighted by molar-refractivity contribution is 6.43. The van der Waals surface area contributed by atoms with E-state index in [1.54, 1.807) is 12.1 Å². The van der Waals surface area contributed by atoms with Gasteiger partial charge in [0, 0.05) is 18.6 Å². The van der Waals surface area contributed by atoms with E-state index in [2.05, 4.69) is 10.3 Å². The summed E-state index contributed by atoms with van der Waals surface area (Å²) in [6.45, 7) is 3.98. The van der Waals surface area contributed by atoms with Crippen LogP contribution in [0.25, 0.3) is 0 Å².